The maximum absolute atomic E-state index is 12.8. The third-order valence-electron chi connectivity index (χ3n) is 9.35. The Kier molecular flexibility index (Phi) is 10.3. The number of amides is 4. The molecule has 252 valence electrons. The minimum atomic E-state index is -2.38. The van der Waals surface area contributed by atoms with Gasteiger partial charge in [-0.3, -0.25) is 9.88 Å². The number of fused-ring (bicyclic) bond motifs is 1. The second kappa shape index (κ2) is 13.4. The van der Waals surface area contributed by atoms with Crippen LogP contribution < -0.4 is 21.3 Å². The molecule has 3 aromatic rings. The van der Waals surface area contributed by atoms with Gasteiger partial charge in [-0.05, 0) is 48.4 Å². The Morgan fingerprint density at radius 1 is 0.870 bits per heavy atom. The molecule has 0 radical (unpaired) electrons. The van der Waals surface area contributed by atoms with Crippen LogP contribution in [-0.2, 0) is 13.6 Å². The van der Waals surface area contributed by atoms with Gasteiger partial charge in [0.15, 0.2) is 39.8 Å². The van der Waals surface area contributed by atoms with E-state index in [-0.39, 0.29) is 28.5 Å². The first kappa shape index (κ1) is 35.5. The van der Waals surface area contributed by atoms with Crippen molar-refractivity contribution < 1.29 is 23.2 Å². The van der Waals surface area contributed by atoms with Crippen molar-refractivity contribution >= 4 is 51.4 Å². The molecule has 4 N–H and O–H groups in total. The number of anilines is 2. The van der Waals surface area contributed by atoms with Crippen LogP contribution in [-0.4, -0.2) is 80.1 Å². The van der Waals surface area contributed by atoms with Crippen LogP contribution in [0.15, 0.2) is 43.0 Å². The van der Waals surface area contributed by atoms with Crippen molar-refractivity contribution in [1.29, 1.82) is 0 Å². The standard InChI is InChI=1S/C31H50N8O5Si2/c1-30(2,3)45(8,9)43-23-21(17-33-28(40)32-7)42-27(24(23)44-46(10,11)31(4,5)6)39-19-36-22-25(34-18-35-26(22)39)38-29(41)37-20-15-13-12-14-16-20/h12-16,18-19,21,23-24,27H,17H2,1-11H3,(H2,32,33,40)(H2,34,35,37,38,41)/t21-,23+,24-,27-/m1/s1. The number of nitrogens with one attached hydrogen (secondary N) is 4. The lowest BCUT2D eigenvalue weighted by Crippen LogP contribution is -2.54. The number of rotatable bonds is 9. The predicted molar refractivity (Wildman–Crippen MR) is 185 cm³/mol. The summed E-state index contributed by atoms with van der Waals surface area (Å²) in [5.74, 6) is 0.254. The predicted octanol–water partition coefficient (Wildman–Crippen LogP) is 6.08. The average molecular weight is 671 g/mol. The van der Waals surface area contributed by atoms with E-state index in [0.29, 0.717) is 16.9 Å². The molecular formula is C31H50N8O5Si2. The van der Waals surface area contributed by atoms with Gasteiger partial charge >= 0.3 is 12.1 Å². The Hall–Kier alpha value is -3.38. The van der Waals surface area contributed by atoms with Crippen LogP contribution in [0.4, 0.5) is 21.1 Å². The third kappa shape index (κ3) is 7.77. The molecule has 0 aliphatic carbocycles. The highest BCUT2D eigenvalue weighted by Crippen LogP contribution is 2.46. The Morgan fingerprint density at radius 2 is 1.48 bits per heavy atom. The number of hydrogen-bond donors (Lipinski definition) is 4. The van der Waals surface area contributed by atoms with Gasteiger partial charge < -0.3 is 29.5 Å². The molecule has 1 aliphatic rings. The van der Waals surface area contributed by atoms with Crippen LogP contribution in [0, 0.1) is 0 Å². The summed E-state index contributed by atoms with van der Waals surface area (Å²) in [5.41, 5.74) is 1.50. The van der Waals surface area contributed by atoms with E-state index in [9.17, 15) is 9.59 Å². The van der Waals surface area contributed by atoms with E-state index >= 15 is 0 Å². The molecule has 4 amide bonds. The number of aromatic nitrogens is 4. The smallest absolute Gasteiger partial charge is 0.324 e. The lowest BCUT2D eigenvalue weighted by molar-refractivity contribution is -0.0301. The number of ether oxygens (including phenoxy) is 1. The molecule has 1 fully saturated rings. The lowest BCUT2D eigenvalue weighted by atomic mass is 10.1. The quantitative estimate of drug-likeness (QED) is 0.200. The zero-order valence-electron chi connectivity index (χ0n) is 28.9. The average Bonchev–Trinajstić information content (AvgIpc) is 3.52. The SMILES string of the molecule is CNC(=O)NC[C@H]1O[C@@H](n2cnc3c(NC(=O)Nc4ccccc4)ncnc32)[C@H](O[Si](C)(C)C(C)(C)C)[C@H]1O[Si](C)(C)C(C)(C)C. The molecule has 1 aromatic carbocycles. The van der Waals surface area contributed by atoms with E-state index in [1.807, 2.05) is 22.8 Å². The van der Waals surface area contributed by atoms with Gasteiger partial charge in [-0.25, -0.2) is 24.5 Å². The summed E-state index contributed by atoms with van der Waals surface area (Å²) < 4.78 is 22.8. The Labute approximate surface area is 273 Å². The zero-order chi connectivity index (χ0) is 34.1. The minimum Gasteiger partial charge on any atom is -0.408 e. The molecule has 1 saturated heterocycles. The number of urea groups is 2. The largest absolute Gasteiger partial charge is 0.408 e. The van der Waals surface area contributed by atoms with Gasteiger partial charge in [0.05, 0.1) is 6.33 Å². The molecule has 15 heteroatoms. The molecular weight excluding hydrogens is 621 g/mol. The normalized spacial score (nSPS) is 20.8. The molecule has 0 saturated carbocycles. The lowest BCUT2D eigenvalue weighted by Gasteiger charge is -2.44. The first-order valence-corrected chi connectivity index (χ1v) is 21.4. The van der Waals surface area contributed by atoms with Gasteiger partial charge in [-0.15, -0.1) is 0 Å². The maximum Gasteiger partial charge on any atom is 0.324 e. The molecule has 0 unspecified atom stereocenters. The third-order valence-corrected chi connectivity index (χ3v) is 18.3. The molecule has 1 aliphatic heterocycles. The Balaban J connectivity index is 1.75. The van der Waals surface area contributed by atoms with Gasteiger partial charge in [0.2, 0.25) is 0 Å². The van der Waals surface area contributed by atoms with Crippen molar-refractivity contribution in [3.8, 4) is 0 Å². The first-order chi connectivity index (χ1) is 21.3. The van der Waals surface area contributed by atoms with E-state index in [1.165, 1.54) is 6.33 Å². The van der Waals surface area contributed by atoms with Crippen molar-refractivity contribution in [3.63, 3.8) is 0 Å². The van der Waals surface area contributed by atoms with Crippen molar-refractivity contribution in [2.75, 3.05) is 24.2 Å². The summed E-state index contributed by atoms with van der Waals surface area (Å²) in [4.78, 5) is 38.6. The molecule has 2 aromatic heterocycles. The van der Waals surface area contributed by atoms with Gasteiger partial charge in [-0.1, -0.05) is 59.7 Å². The van der Waals surface area contributed by atoms with Crippen LogP contribution >= 0.6 is 0 Å². The highest BCUT2D eigenvalue weighted by atomic mass is 28.4. The molecule has 0 spiro atoms. The van der Waals surface area contributed by atoms with E-state index < -0.39 is 47.2 Å². The molecule has 13 nitrogen and oxygen atoms in total. The zero-order valence-corrected chi connectivity index (χ0v) is 30.9. The number of imidazole rings is 1. The van der Waals surface area contributed by atoms with Crippen molar-refractivity contribution in [2.45, 2.75) is 102 Å². The van der Waals surface area contributed by atoms with Crippen LogP contribution in [0.1, 0.15) is 47.8 Å². The second-order valence-electron chi connectivity index (χ2n) is 14.7. The van der Waals surface area contributed by atoms with Crippen LogP contribution in [0.5, 0.6) is 0 Å². The fraction of sp³-hybridized carbons (Fsp3) is 0.581. The molecule has 4 atom stereocenters. The number of benzene rings is 1. The van der Waals surface area contributed by atoms with Crippen molar-refractivity contribution in [2.24, 2.45) is 0 Å². The van der Waals surface area contributed by atoms with Crippen LogP contribution in [0.2, 0.25) is 36.3 Å². The summed E-state index contributed by atoms with van der Waals surface area (Å²) in [7, 11) is -3.15. The van der Waals surface area contributed by atoms with Gasteiger partial charge in [0, 0.05) is 19.3 Å². The van der Waals surface area contributed by atoms with Gasteiger partial charge in [-0.2, -0.15) is 0 Å². The van der Waals surface area contributed by atoms with Crippen LogP contribution in [0.3, 0.4) is 0 Å². The highest BCUT2D eigenvalue weighted by Gasteiger charge is 2.54. The van der Waals surface area contributed by atoms with Gasteiger partial charge in [0.25, 0.3) is 0 Å². The summed E-state index contributed by atoms with van der Waals surface area (Å²) in [5, 5.41) is 10.9. The van der Waals surface area contributed by atoms with Crippen LogP contribution in [0.25, 0.3) is 11.2 Å². The molecule has 3 heterocycles. The van der Waals surface area contributed by atoms with Gasteiger partial charge in [0.1, 0.15) is 24.6 Å². The van der Waals surface area contributed by atoms with E-state index in [0.717, 1.165) is 0 Å². The fourth-order valence-corrected chi connectivity index (χ4v) is 7.21. The number of carbonyl (C=O) groups excluding carboxylic acids is 2. The molecule has 4 rings (SSSR count). The monoisotopic (exact) mass is 670 g/mol. The molecule has 0 bridgehead atoms. The number of para-hydroxylation sites is 1. The summed E-state index contributed by atoms with van der Waals surface area (Å²) >= 11 is 0. The topological polar surface area (TPSA) is 154 Å². The number of carbonyl (C=O) groups is 2. The number of hydrogen-bond acceptors (Lipinski definition) is 8. The minimum absolute atomic E-state index is 0.0821. The second-order valence-corrected chi connectivity index (χ2v) is 24.2. The fourth-order valence-electron chi connectivity index (χ4n) is 4.60. The number of nitrogens with zero attached hydrogens (tertiary/aromatic N) is 4. The van der Waals surface area contributed by atoms with Crippen molar-refractivity contribution in [3.05, 3.63) is 43.0 Å². The summed E-state index contributed by atoms with van der Waals surface area (Å²) in [6.45, 7) is 22.2. The molecule has 46 heavy (non-hydrogen) atoms. The Bertz CT molecular complexity index is 1520. The van der Waals surface area contributed by atoms with E-state index in [4.69, 9.17) is 13.6 Å². The van der Waals surface area contributed by atoms with E-state index in [1.54, 1.807) is 25.5 Å². The Morgan fingerprint density at radius 3 is 2.07 bits per heavy atom. The maximum atomic E-state index is 12.8. The first-order valence-electron chi connectivity index (χ1n) is 15.6. The summed E-state index contributed by atoms with van der Waals surface area (Å²) in [6, 6.07) is 8.36. The van der Waals surface area contributed by atoms with E-state index in [2.05, 4.69) is 104 Å². The van der Waals surface area contributed by atoms with Crippen molar-refractivity contribution in [1.82, 2.24) is 30.2 Å². The highest BCUT2D eigenvalue weighted by molar-refractivity contribution is 6.74. The summed E-state index contributed by atoms with van der Waals surface area (Å²) in [6.07, 6.45) is 0.754.